The van der Waals surface area contributed by atoms with Gasteiger partial charge in [-0.1, -0.05) is 29.8 Å². The number of hydrogen-bond acceptors (Lipinski definition) is 3. The Balaban J connectivity index is 0.00000133. The van der Waals surface area contributed by atoms with Gasteiger partial charge in [-0.25, -0.2) is 0 Å². The lowest BCUT2D eigenvalue weighted by atomic mass is 9.96. The van der Waals surface area contributed by atoms with E-state index in [9.17, 15) is 0 Å². The predicted octanol–water partition coefficient (Wildman–Crippen LogP) is 2.88. The smallest absolute Gasteiger partial charge is 0.193 e. The average molecular weight is 392 g/mol. The Hall–Kier alpha value is -0.490. The Labute approximate surface area is 136 Å². The molecule has 1 heterocycles. The Morgan fingerprint density at radius 1 is 1.37 bits per heavy atom. The summed E-state index contributed by atoms with van der Waals surface area (Å²) in [6, 6.07) is 8.19. The zero-order valence-electron chi connectivity index (χ0n) is 11.0. The van der Waals surface area contributed by atoms with Crippen molar-refractivity contribution in [2.75, 3.05) is 26.7 Å². The number of aliphatic imine (C=N–C) groups is 1. The molecule has 1 fully saturated rings. The minimum Gasteiger partial charge on any atom is -0.355 e. The van der Waals surface area contributed by atoms with E-state index in [4.69, 9.17) is 11.6 Å². The van der Waals surface area contributed by atoms with E-state index in [1.54, 1.807) is 0 Å². The summed E-state index contributed by atoms with van der Waals surface area (Å²) in [5.74, 6) is 1.02. The van der Waals surface area contributed by atoms with Crippen molar-refractivity contribution in [2.24, 2.45) is 4.99 Å². The highest BCUT2D eigenvalue weighted by Gasteiger charge is 2.45. The van der Waals surface area contributed by atoms with Crippen LogP contribution < -0.4 is 5.32 Å². The Kier molecular flexibility index (Phi) is 4.61. The second-order valence-corrected chi connectivity index (χ2v) is 5.65. The fourth-order valence-corrected chi connectivity index (χ4v) is 2.89. The van der Waals surface area contributed by atoms with E-state index in [1.165, 1.54) is 18.4 Å². The third-order valence-electron chi connectivity index (χ3n) is 3.94. The Morgan fingerprint density at radius 2 is 2.11 bits per heavy atom. The molecule has 19 heavy (non-hydrogen) atoms. The van der Waals surface area contributed by atoms with Crippen molar-refractivity contribution >= 4 is 41.5 Å². The van der Waals surface area contributed by atoms with Gasteiger partial charge in [0.25, 0.3) is 0 Å². The fourth-order valence-electron chi connectivity index (χ4n) is 2.56. The van der Waals surface area contributed by atoms with Crippen LogP contribution in [0.3, 0.4) is 0 Å². The molecule has 0 aromatic heterocycles. The number of likely N-dealkylation sites (N-methyl/N-ethyl adjacent to an activating group) is 1. The first kappa shape index (κ1) is 14.9. The van der Waals surface area contributed by atoms with Gasteiger partial charge in [0.1, 0.15) is 0 Å². The first-order valence-corrected chi connectivity index (χ1v) is 6.84. The van der Waals surface area contributed by atoms with Crippen LogP contribution >= 0.6 is 35.6 Å². The van der Waals surface area contributed by atoms with Crippen molar-refractivity contribution in [3.8, 4) is 0 Å². The maximum absolute atomic E-state index is 6.30. The Morgan fingerprint density at radius 3 is 2.68 bits per heavy atom. The third-order valence-corrected chi connectivity index (χ3v) is 4.27. The molecule has 1 aromatic rings. The molecule has 0 bridgehead atoms. The minimum absolute atomic E-state index is 0. The summed E-state index contributed by atoms with van der Waals surface area (Å²) < 4.78 is 0. The van der Waals surface area contributed by atoms with Crippen LogP contribution in [-0.4, -0.2) is 37.5 Å². The maximum atomic E-state index is 6.30. The van der Waals surface area contributed by atoms with E-state index in [0.717, 1.165) is 30.6 Å². The number of nitrogens with one attached hydrogen (secondary N) is 1. The summed E-state index contributed by atoms with van der Waals surface area (Å²) >= 11 is 6.30. The van der Waals surface area contributed by atoms with Gasteiger partial charge in [-0.3, -0.25) is 4.99 Å². The fraction of sp³-hybridized carbons (Fsp3) is 0.500. The van der Waals surface area contributed by atoms with Crippen molar-refractivity contribution in [2.45, 2.75) is 18.3 Å². The van der Waals surface area contributed by atoms with Gasteiger partial charge < -0.3 is 10.2 Å². The third kappa shape index (κ3) is 2.99. The van der Waals surface area contributed by atoms with Gasteiger partial charge in [0.15, 0.2) is 5.96 Å². The molecule has 0 radical (unpaired) electrons. The van der Waals surface area contributed by atoms with Crippen LogP contribution in [0, 0.1) is 0 Å². The second-order valence-electron chi connectivity index (χ2n) is 5.24. The van der Waals surface area contributed by atoms with E-state index >= 15 is 0 Å². The molecule has 1 saturated carbocycles. The number of benzene rings is 1. The lowest BCUT2D eigenvalue weighted by molar-refractivity contribution is 0.523. The van der Waals surface area contributed by atoms with Crippen LogP contribution in [0.5, 0.6) is 0 Å². The first-order chi connectivity index (χ1) is 8.71. The summed E-state index contributed by atoms with van der Waals surface area (Å²) in [7, 11) is 2.08. The highest BCUT2D eigenvalue weighted by molar-refractivity contribution is 14.0. The second kappa shape index (κ2) is 5.87. The number of rotatable bonds is 3. The molecular weight excluding hydrogens is 373 g/mol. The van der Waals surface area contributed by atoms with E-state index in [0.29, 0.717) is 0 Å². The van der Waals surface area contributed by atoms with Gasteiger partial charge in [0.2, 0.25) is 0 Å². The van der Waals surface area contributed by atoms with Crippen molar-refractivity contribution in [1.82, 2.24) is 10.2 Å². The van der Waals surface area contributed by atoms with Gasteiger partial charge in [-0.05, 0) is 24.5 Å². The summed E-state index contributed by atoms with van der Waals surface area (Å²) in [6.45, 7) is 2.85. The first-order valence-electron chi connectivity index (χ1n) is 6.46. The minimum atomic E-state index is 0. The molecule has 104 valence electrons. The quantitative estimate of drug-likeness (QED) is 0.803. The molecule has 0 spiro atoms. The predicted molar refractivity (Wildman–Crippen MR) is 90.7 cm³/mol. The average Bonchev–Trinajstić information content (AvgIpc) is 3.05. The van der Waals surface area contributed by atoms with Gasteiger partial charge in [0, 0.05) is 30.6 Å². The van der Waals surface area contributed by atoms with E-state index in [1.807, 2.05) is 12.1 Å². The zero-order chi connectivity index (χ0) is 12.6. The molecule has 0 saturated heterocycles. The van der Waals surface area contributed by atoms with Crippen LogP contribution in [0.4, 0.5) is 0 Å². The molecule has 5 heteroatoms. The van der Waals surface area contributed by atoms with Gasteiger partial charge in [-0.2, -0.15) is 0 Å². The number of guanidine groups is 1. The van der Waals surface area contributed by atoms with E-state index in [2.05, 4.69) is 34.4 Å². The van der Waals surface area contributed by atoms with Crippen LogP contribution in [-0.2, 0) is 5.41 Å². The van der Waals surface area contributed by atoms with Gasteiger partial charge >= 0.3 is 0 Å². The van der Waals surface area contributed by atoms with Crippen LogP contribution in [0.25, 0.3) is 0 Å². The molecule has 3 rings (SSSR count). The van der Waals surface area contributed by atoms with Gasteiger partial charge in [0.05, 0.1) is 6.54 Å². The Bertz CT molecular complexity index is 485. The molecular formula is C14H19ClIN3. The van der Waals surface area contributed by atoms with Crippen molar-refractivity contribution in [1.29, 1.82) is 0 Å². The highest BCUT2D eigenvalue weighted by atomic mass is 127. The zero-order valence-corrected chi connectivity index (χ0v) is 14.1. The van der Waals surface area contributed by atoms with Crippen molar-refractivity contribution in [3.05, 3.63) is 34.9 Å². The molecule has 1 N–H and O–H groups in total. The van der Waals surface area contributed by atoms with E-state index in [-0.39, 0.29) is 29.4 Å². The van der Waals surface area contributed by atoms with Crippen molar-refractivity contribution in [3.63, 3.8) is 0 Å². The monoisotopic (exact) mass is 391 g/mol. The molecule has 3 nitrogen and oxygen atoms in total. The SMILES string of the molecule is CN1CCN=C1NCC1(c2ccccc2Cl)CC1.I. The topological polar surface area (TPSA) is 27.6 Å². The summed E-state index contributed by atoms with van der Waals surface area (Å²) in [6.07, 6.45) is 2.42. The normalized spacial score (nSPS) is 19.7. The summed E-state index contributed by atoms with van der Waals surface area (Å²) in [5.41, 5.74) is 1.50. The van der Waals surface area contributed by atoms with Crippen LogP contribution in [0.1, 0.15) is 18.4 Å². The molecule has 1 aliphatic heterocycles. The number of nitrogens with zero attached hydrogens (tertiary/aromatic N) is 2. The molecule has 1 aromatic carbocycles. The summed E-state index contributed by atoms with van der Waals surface area (Å²) in [5, 5.41) is 4.36. The lowest BCUT2D eigenvalue weighted by Gasteiger charge is -2.21. The van der Waals surface area contributed by atoms with Crippen molar-refractivity contribution < 1.29 is 0 Å². The van der Waals surface area contributed by atoms with Crippen LogP contribution in [0.15, 0.2) is 29.3 Å². The molecule has 0 unspecified atom stereocenters. The largest absolute Gasteiger partial charge is 0.355 e. The molecule has 1 aliphatic carbocycles. The molecule has 0 atom stereocenters. The lowest BCUT2D eigenvalue weighted by Crippen LogP contribution is -2.39. The molecule has 2 aliphatic rings. The number of halogens is 2. The maximum Gasteiger partial charge on any atom is 0.193 e. The number of hydrogen-bond donors (Lipinski definition) is 1. The van der Waals surface area contributed by atoms with Crippen LogP contribution in [0.2, 0.25) is 5.02 Å². The standard InChI is InChI=1S/C14H18ClN3.HI/c1-18-9-8-16-13(18)17-10-14(6-7-14)11-4-2-3-5-12(11)15;/h2-5H,6-10H2,1H3,(H,16,17);1H. The molecule has 0 amide bonds. The van der Waals surface area contributed by atoms with Gasteiger partial charge in [-0.15, -0.1) is 24.0 Å². The highest BCUT2D eigenvalue weighted by Crippen LogP contribution is 2.49. The van der Waals surface area contributed by atoms with E-state index < -0.39 is 0 Å². The summed E-state index contributed by atoms with van der Waals surface area (Å²) in [4.78, 5) is 6.63.